The second kappa shape index (κ2) is 11.3. The Morgan fingerprint density at radius 3 is 1.60 bits per heavy atom. The van der Waals surface area contributed by atoms with Crippen LogP contribution >= 0.6 is 17.8 Å². The van der Waals surface area contributed by atoms with E-state index < -0.39 is 22.1 Å². The average molecular weight is 364 g/mol. The number of carbonyl (C=O) groups is 1. The summed E-state index contributed by atoms with van der Waals surface area (Å²) >= 11 is -2.49. The van der Waals surface area contributed by atoms with Gasteiger partial charge in [-0.3, -0.25) is 4.79 Å². The summed E-state index contributed by atoms with van der Waals surface area (Å²) in [7, 11) is 12.5. The molecule has 0 rings (SSSR count). The first-order chi connectivity index (χ1) is 6.85. The molecule has 0 saturated heterocycles. The third-order valence-electron chi connectivity index (χ3n) is 1.79. The second-order valence-electron chi connectivity index (χ2n) is 3.58. The molecule has 0 aliphatic heterocycles. The van der Waals surface area contributed by atoms with Gasteiger partial charge in [0.15, 0.2) is 0 Å². The molecular weight excluding hydrogens is 342 g/mol. The molecule has 15 heavy (non-hydrogen) atoms. The van der Waals surface area contributed by atoms with Gasteiger partial charge in [0, 0.05) is 6.92 Å². The molecular formula is C10H22Cl2O2Sn. The van der Waals surface area contributed by atoms with Gasteiger partial charge in [-0.1, -0.05) is 0 Å². The number of halogens is 2. The monoisotopic (exact) mass is 364 g/mol. The molecule has 0 bridgehead atoms. The van der Waals surface area contributed by atoms with Crippen molar-refractivity contribution in [2.24, 2.45) is 0 Å². The Hall–Kier alpha value is 0.849. The Morgan fingerprint density at radius 1 is 1.13 bits per heavy atom. The number of hydrogen-bond acceptors (Lipinski definition) is 1. The third-order valence-corrected chi connectivity index (χ3v) is 13.1. The Morgan fingerprint density at radius 2 is 1.40 bits per heavy atom. The van der Waals surface area contributed by atoms with Gasteiger partial charge in [0.1, 0.15) is 0 Å². The van der Waals surface area contributed by atoms with Crippen molar-refractivity contribution in [3.63, 3.8) is 0 Å². The molecule has 0 heterocycles. The van der Waals surface area contributed by atoms with Crippen molar-refractivity contribution in [1.29, 1.82) is 0 Å². The summed E-state index contributed by atoms with van der Waals surface area (Å²) in [6.45, 7) is 5.46. The van der Waals surface area contributed by atoms with E-state index >= 15 is 0 Å². The van der Waals surface area contributed by atoms with Gasteiger partial charge in [0.2, 0.25) is 0 Å². The molecule has 0 atom stereocenters. The molecule has 1 N–H and O–H groups in total. The Bertz CT molecular complexity index is 150. The van der Waals surface area contributed by atoms with Crippen LogP contribution in [-0.4, -0.2) is 27.2 Å². The van der Waals surface area contributed by atoms with E-state index in [1.807, 2.05) is 0 Å². The molecule has 0 aliphatic carbocycles. The van der Waals surface area contributed by atoms with E-state index in [0.717, 1.165) is 15.8 Å². The van der Waals surface area contributed by atoms with E-state index in [-0.39, 0.29) is 0 Å². The summed E-state index contributed by atoms with van der Waals surface area (Å²) in [4.78, 5) is 9.00. The normalized spacial score (nSPS) is 10.5. The summed E-state index contributed by atoms with van der Waals surface area (Å²) in [6.07, 6.45) is 4.91. The Balaban J connectivity index is 0. The van der Waals surface area contributed by atoms with Crippen LogP contribution in [0.4, 0.5) is 0 Å². The van der Waals surface area contributed by atoms with Crippen molar-refractivity contribution in [1.82, 2.24) is 0 Å². The molecule has 0 spiro atoms. The van der Waals surface area contributed by atoms with Crippen molar-refractivity contribution >= 4 is 39.9 Å². The van der Waals surface area contributed by atoms with Gasteiger partial charge in [0.05, 0.1) is 0 Å². The van der Waals surface area contributed by atoms with Gasteiger partial charge in [-0.2, -0.15) is 0 Å². The van der Waals surface area contributed by atoms with Crippen LogP contribution < -0.4 is 0 Å². The zero-order valence-electron chi connectivity index (χ0n) is 9.85. The summed E-state index contributed by atoms with van der Waals surface area (Å²) in [6, 6.07) is 0. The molecule has 0 fully saturated rings. The van der Waals surface area contributed by atoms with Gasteiger partial charge in [-0.25, -0.2) is 0 Å². The molecule has 0 aromatic heterocycles. The Kier molecular flexibility index (Phi) is 13.8. The molecule has 0 amide bonds. The quantitative estimate of drug-likeness (QED) is 0.700. The zero-order chi connectivity index (χ0) is 12.3. The minimum atomic E-state index is -2.49. The fourth-order valence-electron chi connectivity index (χ4n) is 0.996. The second-order valence-corrected chi connectivity index (χ2v) is 22.3. The van der Waals surface area contributed by atoms with Crippen LogP contribution in [0.15, 0.2) is 0 Å². The first-order valence-electron chi connectivity index (χ1n) is 5.43. The molecule has 0 aromatic carbocycles. The van der Waals surface area contributed by atoms with Gasteiger partial charge in [0.25, 0.3) is 5.97 Å². The van der Waals surface area contributed by atoms with Crippen LogP contribution in [0.5, 0.6) is 0 Å². The molecule has 92 valence electrons. The van der Waals surface area contributed by atoms with Crippen molar-refractivity contribution in [3.8, 4) is 0 Å². The first-order valence-corrected chi connectivity index (χ1v) is 16.7. The molecule has 0 unspecified atom stereocenters. The van der Waals surface area contributed by atoms with Gasteiger partial charge >= 0.3 is 82.4 Å². The van der Waals surface area contributed by atoms with E-state index in [0.29, 0.717) is 0 Å². The maximum atomic E-state index is 9.00. The van der Waals surface area contributed by atoms with Crippen LogP contribution in [0.25, 0.3) is 0 Å². The fourth-order valence-corrected chi connectivity index (χ4v) is 10.3. The number of unbranched alkanes of at least 4 members (excludes halogenated alkanes) is 2. The molecule has 0 saturated carbocycles. The van der Waals surface area contributed by atoms with E-state index in [1.165, 1.54) is 25.7 Å². The van der Waals surface area contributed by atoms with E-state index in [9.17, 15) is 0 Å². The summed E-state index contributed by atoms with van der Waals surface area (Å²) < 4.78 is 2.29. The van der Waals surface area contributed by atoms with Crippen molar-refractivity contribution in [2.45, 2.75) is 55.3 Å². The van der Waals surface area contributed by atoms with E-state index in [2.05, 4.69) is 13.8 Å². The summed E-state index contributed by atoms with van der Waals surface area (Å²) in [5, 5.41) is 7.42. The number of carboxylic acid groups (broad SMARTS) is 1. The first kappa shape index (κ1) is 18.2. The zero-order valence-corrected chi connectivity index (χ0v) is 14.2. The van der Waals surface area contributed by atoms with E-state index in [4.69, 9.17) is 27.7 Å². The predicted molar refractivity (Wildman–Crippen MR) is 70.2 cm³/mol. The van der Waals surface area contributed by atoms with Gasteiger partial charge in [-0.05, 0) is 0 Å². The van der Waals surface area contributed by atoms with Crippen molar-refractivity contribution < 1.29 is 9.90 Å². The van der Waals surface area contributed by atoms with Crippen LogP contribution in [0.1, 0.15) is 46.5 Å². The van der Waals surface area contributed by atoms with Crippen LogP contribution in [-0.2, 0) is 4.79 Å². The summed E-state index contributed by atoms with van der Waals surface area (Å²) in [5.41, 5.74) is 0. The minimum absolute atomic E-state index is 0.833. The van der Waals surface area contributed by atoms with Crippen molar-refractivity contribution in [2.75, 3.05) is 0 Å². The van der Waals surface area contributed by atoms with Crippen LogP contribution in [0, 0.1) is 0 Å². The van der Waals surface area contributed by atoms with Gasteiger partial charge in [-0.15, -0.1) is 0 Å². The molecule has 2 nitrogen and oxygen atoms in total. The number of hydrogen-bond donors (Lipinski definition) is 1. The number of rotatable bonds is 6. The Labute approximate surface area is 105 Å². The summed E-state index contributed by atoms with van der Waals surface area (Å²) in [5.74, 6) is -0.833. The van der Waals surface area contributed by atoms with E-state index in [1.54, 1.807) is 0 Å². The molecule has 0 aromatic rings. The molecule has 0 aliphatic rings. The van der Waals surface area contributed by atoms with Crippen LogP contribution in [0.3, 0.4) is 0 Å². The predicted octanol–water partition coefficient (Wildman–Crippen LogP) is 4.60. The third kappa shape index (κ3) is 20.8. The van der Waals surface area contributed by atoms with Gasteiger partial charge < -0.3 is 5.11 Å². The standard InChI is InChI=1S/2C4H9.C2H4O2.2ClH.Sn/c2*1-3-4-2;1-2(3)4;;;/h2*1,3-4H2,2H3;1H3,(H,3,4);2*1H;/q;;;;;+2/p-2. The maximum absolute atomic E-state index is 9.00. The molecule has 5 heteroatoms. The SMILES string of the molecule is CC(=O)O.CCC[CH2][Sn]([Cl])([Cl])[CH2]CCC. The number of carboxylic acids is 1. The topological polar surface area (TPSA) is 37.3 Å². The molecule has 0 radical (unpaired) electrons. The average Bonchev–Trinajstić information content (AvgIpc) is 2.11. The number of aliphatic carboxylic acids is 1. The fraction of sp³-hybridized carbons (Fsp3) is 0.900. The van der Waals surface area contributed by atoms with Crippen LogP contribution in [0.2, 0.25) is 8.87 Å². The van der Waals surface area contributed by atoms with Crippen molar-refractivity contribution in [3.05, 3.63) is 0 Å².